The Hall–Kier alpha value is -0.710. The molecule has 0 spiro atoms. The summed E-state index contributed by atoms with van der Waals surface area (Å²) in [5.74, 6) is -0.860. The number of carbonyl (C=O) groups is 2. The van der Waals surface area contributed by atoms with Crippen LogP contribution in [-0.2, 0) is 27.9 Å². The summed E-state index contributed by atoms with van der Waals surface area (Å²) in [5, 5.41) is 0. The number of fused-ring (bicyclic) bond motifs is 1. The lowest BCUT2D eigenvalue weighted by molar-refractivity contribution is -0.141. The molecule has 2 aliphatic rings. The highest BCUT2D eigenvalue weighted by atomic mass is 31.2. The number of hydrogen-bond donors (Lipinski definition) is 0. The fraction of sp³-hybridized carbons (Fsp3) is 0.846. The standard InChI is InChI=1S/C13H21O6P/c1-3-17-20(16,18-4-2)12-10-8-9(14)6-5-7-11(10)19-13(12)15/h10-12H,3-8H2,1-2H3. The van der Waals surface area contributed by atoms with Gasteiger partial charge in [-0.05, 0) is 26.7 Å². The van der Waals surface area contributed by atoms with Crippen LogP contribution in [0.5, 0.6) is 0 Å². The maximum atomic E-state index is 12.8. The first kappa shape index (κ1) is 15.7. The van der Waals surface area contributed by atoms with Gasteiger partial charge in [0.1, 0.15) is 11.9 Å². The van der Waals surface area contributed by atoms with E-state index >= 15 is 0 Å². The molecule has 1 saturated heterocycles. The first-order valence-electron chi connectivity index (χ1n) is 7.12. The van der Waals surface area contributed by atoms with Gasteiger partial charge in [0.05, 0.1) is 13.2 Å². The highest BCUT2D eigenvalue weighted by molar-refractivity contribution is 7.55. The Morgan fingerprint density at radius 1 is 1.25 bits per heavy atom. The molecule has 0 N–H and O–H groups in total. The number of ether oxygens (including phenoxy) is 1. The fourth-order valence-electron chi connectivity index (χ4n) is 2.99. The zero-order valence-corrected chi connectivity index (χ0v) is 12.8. The second-order valence-electron chi connectivity index (χ2n) is 5.09. The van der Waals surface area contributed by atoms with E-state index in [0.717, 1.165) is 0 Å². The highest BCUT2D eigenvalue weighted by Gasteiger charge is 2.56. The zero-order valence-electron chi connectivity index (χ0n) is 11.9. The molecule has 2 rings (SSSR count). The average molecular weight is 304 g/mol. The second kappa shape index (κ2) is 6.37. The number of esters is 1. The summed E-state index contributed by atoms with van der Waals surface area (Å²) in [4.78, 5) is 23.9. The number of carbonyl (C=O) groups excluding carboxylic acids is 2. The van der Waals surface area contributed by atoms with E-state index in [1.165, 1.54) is 0 Å². The Balaban J connectivity index is 2.29. The second-order valence-corrected chi connectivity index (χ2v) is 7.25. The molecule has 0 aromatic carbocycles. The lowest BCUT2D eigenvalue weighted by Crippen LogP contribution is -2.28. The Labute approximate surface area is 118 Å². The minimum Gasteiger partial charge on any atom is -0.461 e. The lowest BCUT2D eigenvalue weighted by atomic mass is 9.96. The van der Waals surface area contributed by atoms with E-state index in [1.54, 1.807) is 13.8 Å². The van der Waals surface area contributed by atoms with Gasteiger partial charge in [-0.2, -0.15) is 0 Å². The van der Waals surface area contributed by atoms with E-state index < -0.39 is 19.2 Å². The Bertz CT molecular complexity index is 425. The summed E-state index contributed by atoms with van der Waals surface area (Å²) >= 11 is 0. The molecule has 1 aliphatic carbocycles. The predicted octanol–water partition coefficient (Wildman–Crippen LogP) is 2.31. The van der Waals surface area contributed by atoms with Crippen LogP contribution in [0.4, 0.5) is 0 Å². The van der Waals surface area contributed by atoms with Gasteiger partial charge in [0.25, 0.3) is 0 Å². The van der Waals surface area contributed by atoms with Crippen LogP contribution >= 0.6 is 7.60 Å². The Kier molecular flexibility index (Phi) is 4.99. The largest absolute Gasteiger partial charge is 0.461 e. The van der Waals surface area contributed by atoms with Crippen molar-refractivity contribution in [3.8, 4) is 0 Å². The molecule has 1 saturated carbocycles. The van der Waals surface area contributed by atoms with Gasteiger partial charge in [0, 0.05) is 18.8 Å². The van der Waals surface area contributed by atoms with E-state index in [9.17, 15) is 14.2 Å². The van der Waals surface area contributed by atoms with Gasteiger partial charge in [-0.15, -0.1) is 0 Å². The van der Waals surface area contributed by atoms with Gasteiger partial charge in [-0.3, -0.25) is 14.2 Å². The molecular formula is C13H21O6P. The number of Topliss-reactive ketones (excluding diaryl/α,β-unsaturated/α-hetero) is 1. The van der Waals surface area contributed by atoms with Crippen molar-refractivity contribution in [2.75, 3.05) is 13.2 Å². The topological polar surface area (TPSA) is 78.9 Å². The van der Waals surface area contributed by atoms with Crippen molar-refractivity contribution in [3.05, 3.63) is 0 Å². The molecule has 0 aromatic heterocycles. The molecule has 1 heterocycles. The van der Waals surface area contributed by atoms with E-state index in [4.69, 9.17) is 13.8 Å². The molecule has 0 radical (unpaired) electrons. The van der Waals surface area contributed by atoms with Crippen LogP contribution in [-0.4, -0.2) is 36.7 Å². The van der Waals surface area contributed by atoms with Gasteiger partial charge in [0.15, 0.2) is 5.66 Å². The van der Waals surface area contributed by atoms with Crippen LogP contribution < -0.4 is 0 Å². The molecule has 0 bridgehead atoms. The molecule has 114 valence electrons. The number of ketones is 1. The summed E-state index contributed by atoms with van der Waals surface area (Å²) in [6, 6.07) is 0. The van der Waals surface area contributed by atoms with Crippen molar-refractivity contribution < 1.29 is 27.9 Å². The van der Waals surface area contributed by atoms with Crippen LogP contribution in [0.3, 0.4) is 0 Å². The molecular weight excluding hydrogens is 283 g/mol. The maximum absolute atomic E-state index is 12.8. The van der Waals surface area contributed by atoms with Crippen molar-refractivity contribution in [2.45, 2.75) is 51.3 Å². The third kappa shape index (κ3) is 2.97. The normalized spacial score (nSPS) is 30.8. The third-order valence-corrected chi connectivity index (χ3v) is 6.27. The molecule has 7 heteroatoms. The molecule has 0 aromatic rings. The summed E-state index contributed by atoms with van der Waals surface area (Å²) in [7, 11) is -3.58. The van der Waals surface area contributed by atoms with Gasteiger partial charge in [0.2, 0.25) is 0 Å². The predicted molar refractivity (Wildman–Crippen MR) is 71.5 cm³/mol. The van der Waals surface area contributed by atoms with E-state index in [1.807, 2.05) is 0 Å². The quantitative estimate of drug-likeness (QED) is 0.573. The maximum Gasteiger partial charge on any atom is 0.345 e. The van der Waals surface area contributed by atoms with Gasteiger partial charge in [-0.1, -0.05) is 0 Å². The molecule has 3 unspecified atom stereocenters. The molecule has 3 atom stereocenters. The lowest BCUT2D eigenvalue weighted by Gasteiger charge is -2.24. The van der Waals surface area contributed by atoms with Crippen molar-refractivity contribution in [1.82, 2.24) is 0 Å². The van der Waals surface area contributed by atoms with E-state index in [-0.39, 0.29) is 37.4 Å². The zero-order chi connectivity index (χ0) is 14.8. The first-order chi connectivity index (χ1) is 9.51. The van der Waals surface area contributed by atoms with Gasteiger partial charge >= 0.3 is 13.6 Å². The molecule has 2 fully saturated rings. The number of hydrogen-bond acceptors (Lipinski definition) is 6. The molecule has 1 aliphatic heterocycles. The smallest absolute Gasteiger partial charge is 0.345 e. The van der Waals surface area contributed by atoms with Crippen LogP contribution in [0.25, 0.3) is 0 Å². The minimum atomic E-state index is -3.58. The van der Waals surface area contributed by atoms with Crippen molar-refractivity contribution in [1.29, 1.82) is 0 Å². The summed E-state index contributed by atoms with van der Waals surface area (Å²) < 4.78 is 28.7. The van der Waals surface area contributed by atoms with E-state index in [0.29, 0.717) is 19.3 Å². The minimum absolute atomic E-state index is 0.0837. The Morgan fingerprint density at radius 3 is 2.50 bits per heavy atom. The van der Waals surface area contributed by atoms with Crippen LogP contribution in [0, 0.1) is 5.92 Å². The number of rotatable bonds is 5. The van der Waals surface area contributed by atoms with E-state index in [2.05, 4.69) is 0 Å². The van der Waals surface area contributed by atoms with Crippen molar-refractivity contribution in [3.63, 3.8) is 0 Å². The summed E-state index contributed by atoms with van der Waals surface area (Å²) in [5.41, 5.74) is -0.963. The van der Waals surface area contributed by atoms with Crippen LogP contribution in [0.15, 0.2) is 0 Å². The van der Waals surface area contributed by atoms with Crippen LogP contribution in [0.2, 0.25) is 0 Å². The third-order valence-electron chi connectivity index (χ3n) is 3.76. The highest BCUT2D eigenvalue weighted by Crippen LogP contribution is 2.59. The van der Waals surface area contributed by atoms with Crippen LogP contribution in [0.1, 0.15) is 39.5 Å². The average Bonchev–Trinajstić information content (AvgIpc) is 2.56. The molecule has 0 amide bonds. The SMILES string of the molecule is CCOP(=O)(OCC)C1C(=O)OC2CCCC(=O)CC21. The van der Waals surface area contributed by atoms with Gasteiger partial charge < -0.3 is 13.8 Å². The molecule has 6 nitrogen and oxygen atoms in total. The monoisotopic (exact) mass is 304 g/mol. The summed E-state index contributed by atoms with van der Waals surface area (Å²) in [6.45, 7) is 3.77. The Morgan fingerprint density at radius 2 is 1.90 bits per heavy atom. The molecule has 20 heavy (non-hydrogen) atoms. The first-order valence-corrected chi connectivity index (χ1v) is 8.74. The van der Waals surface area contributed by atoms with Crippen molar-refractivity contribution in [2.24, 2.45) is 5.92 Å². The fourth-order valence-corrected chi connectivity index (χ4v) is 5.19. The van der Waals surface area contributed by atoms with Crippen molar-refractivity contribution >= 4 is 19.3 Å². The van der Waals surface area contributed by atoms with Gasteiger partial charge in [-0.25, -0.2) is 0 Å². The summed E-state index contributed by atoms with van der Waals surface area (Å²) in [6.07, 6.45) is 1.70.